The van der Waals surface area contributed by atoms with Crippen LogP contribution in [-0.2, 0) is 0 Å². The summed E-state index contributed by atoms with van der Waals surface area (Å²) in [6.07, 6.45) is 1.77. The molecule has 1 aromatic heterocycles. The van der Waals surface area contributed by atoms with Crippen molar-refractivity contribution in [3.05, 3.63) is 78.4 Å². The van der Waals surface area contributed by atoms with Gasteiger partial charge in [0.15, 0.2) is 0 Å². The SMILES string of the molecule is COc1cccc(F)c1-c1cccc(-n2cnc3cc([C@@H](C)N)ccc32)c1. The molecule has 1 heterocycles. The van der Waals surface area contributed by atoms with Crippen molar-refractivity contribution in [3.8, 4) is 22.6 Å². The van der Waals surface area contributed by atoms with Gasteiger partial charge in [0, 0.05) is 11.7 Å². The number of nitrogens with two attached hydrogens (primary N) is 1. The molecule has 3 aromatic carbocycles. The summed E-state index contributed by atoms with van der Waals surface area (Å²) >= 11 is 0. The molecule has 1 atom stereocenters. The molecular weight excluding hydrogens is 341 g/mol. The van der Waals surface area contributed by atoms with Crippen molar-refractivity contribution >= 4 is 11.0 Å². The van der Waals surface area contributed by atoms with Crippen LogP contribution in [0.4, 0.5) is 4.39 Å². The van der Waals surface area contributed by atoms with Crippen LogP contribution in [0.3, 0.4) is 0 Å². The lowest BCUT2D eigenvalue weighted by Crippen LogP contribution is -2.04. The Morgan fingerprint density at radius 2 is 1.89 bits per heavy atom. The number of ether oxygens (including phenoxy) is 1. The summed E-state index contributed by atoms with van der Waals surface area (Å²) in [5, 5.41) is 0. The van der Waals surface area contributed by atoms with Gasteiger partial charge >= 0.3 is 0 Å². The maximum absolute atomic E-state index is 14.5. The first-order valence-electron chi connectivity index (χ1n) is 8.74. The highest BCUT2D eigenvalue weighted by Gasteiger charge is 2.13. The maximum atomic E-state index is 14.5. The minimum Gasteiger partial charge on any atom is -0.496 e. The third-order valence-electron chi connectivity index (χ3n) is 4.71. The number of fused-ring (bicyclic) bond motifs is 1. The summed E-state index contributed by atoms with van der Waals surface area (Å²) in [6.45, 7) is 1.95. The molecule has 0 spiro atoms. The number of methoxy groups -OCH3 is 1. The van der Waals surface area contributed by atoms with Crippen LogP contribution in [0.15, 0.2) is 67.0 Å². The predicted octanol–water partition coefficient (Wildman–Crippen LogP) is 4.86. The van der Waals surface area contributed by atoms with Gasteiger partial charge in [0.05, 0.1) is 23.7 Å². The van der Waals surface area contributed by atoms with Crippen LogP contribution in [0.1, 0.15) is 18.5 Å². The highest BCUT2D eigenvalue weighted by molar-refractivity contribution is 5.79. The first-order chi connectivity index (χ1) is 13.1. The Kier molecular flexibility index (Phi) is 4.38. The monoisotopic (exact) mass is 361 g/mol. The number of rotatable bonds is 4. The van der Waals surface area contributed by atoms with Crippen molar-refractivity contribution in [3.63, 3.8) is 0 Å². The van der Waals surface area contributed by atoms with E-state index in [9.17, 15) is 4.39 Å². The van der Waals surface area contributed by atoms with E-state index in [4.69, 9.17) is 10.5 Å². The molecule has 4 nitrogen and oxygen atoms in total. The molecule has 136 valence electrons. The fraction of sp³-hybridized carbons (Fsp3) is 0.136. The number of benzene rings is 3. The molecule has 27 heavy (non-hydrogen) atoms. The number of aromatic nitrogens is 2. The fourth-order valence-electron chi connectivity index (χ4n) is 3.28. The van der Waals surface area contributed by atoms with Gasteiger partial charge < -0.3 is 10.5 Å². The number of hydrogen-bond acceptors (Lipinski definition) is 3. The zero-order chi connectivity index (χ0) is 19.0. The summed E-state index contributed by atoms with van der Waals surface area (Å²) in [6, 6.07) is 18.5. The standard InChI is InChI=1S/C22H20FN3O/c1-14(24)15-9-10-20-19(12-15)25-13-26(20)17-6-3-5-16(11-17)22-18(23)7-4-8-21(22)27-2/h3-14H,24H2,1-2H3/t14-/m1/s1. The molecule has 0 aliphatic heterocycles. The Hall–Kier alpha value is -3.18. The van der Waals surface area contributed by atoms with Gasteiger partial charge in [-0.25, -0.2) is 9.37 Å². The van der Waals surface area contributed by atoms with E-state index in [-0.39, 0.29) is 11.9 Å². The predicted molar refractivity (Wildman–Crippen MR) is 106 cm³/mol. The summed E-state index contributed by atoms with van der Waals surface area (Å²) < 4.78 is 21.8. The van der Waals surface area contributed by atoms with Crippen molar-refractivity contribution in [2.45, 2.75) is 13.0 Å². The molecule has 0 aliphatic carbocycles. The van der Waals surface area contributed by atoms with Crippen molar-refractivity contribution in [1.29, 1.82) is 0 Å². The van der Waals surface area contributed by atoms with E-state index in [1.54, 1.807) is 25.6 Å². The molecule has 4 rings (SSSR count). The highest BCUT2D eigenvalue weighted by atomic mass is 19.1. The second-order valence-electron chi connectivity index (χ2n) is 6.52. The average molecular weight is 361 g/mol. The zero-order valence-electron chi connectivity index (χ0n) is 15.2. The Morgan fingerprint density at radius 3 is 2.67 bits per heavy atom. The fourth-order valence-corrected chi connectivity index (χ4v) is 3.28. The molecule has 0 unspecified atom stereocenters. The molecule has 5 heteroatoms. The van der Waals surface area contributed by atoms with Crippen LogP contribution in [0.2, 0.25) is 0 Å². The highest BCUT2D eigenvalue weighted by Crippen LogP contribution is 2.34. The van der Waals surface area contributed by atoms with Crippen LogP contribution >= 0.6 is 0 Å². The largest absolute Gasteiger partial charge is 0.496 e. The first kappa shape index (κ1) is 17.2. The van der Waals surface area contributed by atoms with Crippen LogP contribution in [0, 0.1) is 5.82 Å². The van der Waals surface area contributed by atoms with Crippen molar-refractivity contribution in [2.24, 2.45) is 5.73 Å². The Balaban J connectivity index is 1.84. The molecule has 0 fully saturated rings. The van der Waals surface area contributed by atoms with Gasteiger partial charge in [-0.05, 0) is 54.4 Å². The van der Waals surface area contributed by atoms with Crippen molar-refractivity contribution in [2.75, 3.05) is 7.11 Å². The van der Waals surface area contributed by atoms with Gasteiger partial charge in [-0.15, -0.1) is 0 Å². The normalized spacial score (nSPS) is 12.3. The van der Waals surface area contributed by atoms with Gasteiger partial charge in [-0.3, -0.25) is 4.57 Å². The smallest absolute Gasteiger partial charge is 0.134 e. The van der Waals surface area contributed by atoms with Gasteiger partial charge in [0.25, 0.3) is 0 Å². The van der Waals surface area contributed by atoms with E-state index >= 15 is 0 Å². The summed E-state index contributed by atoms with van der Waals surface area (Å²) in [4.78, 5) is 4.50. The molecular formula is C22H20FN3O. The minimum absolute atomic E-state index is 0.0450. The van der Waals surface area contributed by atoms with Crippen LogP contribution in [0.25, 0.3) is 27.8 Å². The van der Waals surface area contributed by atoms with E-state index in [1.807, 2.05) is 54.0 Å². The molecule has 0 saturated carbocycles. The number of nitrogens with zero attached hydrogens (tertiary/aromatic N) is 2. The lowest BCUT2D eigenvalue weighted by atomic mass is 10.0. The molecule has 4 aromatic rings. The van der Waals surface area contributed by atoms with E-state index < -0.39 is 0 Å². The van der Waals surface area contributed by atoms with Crippen LogP contribution in [-0.4, -0.2) is 16.7 Å². The van der Waals surface area contributed by atoms with Crippen molar-refractivity contribution in [1.82, 2.24) is 9.55 Å². The third-order valence-corrected chi connectivity index (χ3v) is 4.71. The zero-order valence-corrected chi connectivity index (χ0v) is 15.2. The van der Waals surface area contributed by atoms with Gasteiger partial charge in [-0.2, -0.15) is 0 Å². The second-order valence-corrected chi connectivity index (χ2v) is 6.52. The molecule has 0 radical (unpaired) electrons. The van der Waals surface area contributed by atoms with E-state index in [0.717, 1.165) is 27.8 Å². The van der Waals surface area contributed by atoms with E-state index in [2.05, 4.69) is 4.98 Å². The molecule has 2 N–H and O–H groups in total. The summed E-state index contributed by atoms with van der Waals surface area (Å²) in [7, 11) is 1.54. The van der Waals surface area contributed by atoms with Gasteiger partial charge in [-0.1, -0.05) is 24.3 Å². The average Bonchev–Trinajstić information content (AvgIpc) is 3.11. The first-order valence-corrected chi connectivity index (χ1v) is 8.74. The Morgan fingerprint density at radius 1 is 1.07 bits per heavy atom. The summed E-state index contributed by atoms with van der Waals surface area (Å²) in [5.74, 6) is 0.188. The molecule has 0 saturated heterocycles. The Labute approximate surface area is 157 Å². The second kappa shape index (κ2) is 6.85. The summed E-state index contributed by atoms with van der Waals surface area (Å²) in [5.41, 5.74) is 10.9. The maximum Gasteiger partial charge on any atom is 0.134 e. The lowest BCUT2D eigenvalue weighted by molar-refractivity contribution is 0.413. The molecule has 0 amide bonds. The minimum atomic E-state index is -0.316. The quantitative estimate of drug-likeness (QED) is 0.565. The lowest BCUT2D eigenvalue weighted by Gasteiger charge is -2.12. The van der Waals surface area contributed by atoms with Gasteiger partial charge in [0.2, 0.25) is 0 Å². The molecule has 0 bridgehead atoms. The topological polar surface area (TPSA) is 53.1 Å². The van der Waals surface area contributed by atoms with Crippen LogP contribution < -0.4 is 10.5 Å². The van der Waals surface area contributed by atoms with Gasteiger partial charge in [0.1, 0.15) is 17.9 Å². The number of halogens is 1. The Bertz CT molecular complexity index is 1120. The molecule has 0 aliphatic rings. The van der Waals surface area contributed by atoms with Crippen molar-refractivity contribution < 1.29 is 9.13 Å². The third kappa shape index (κ3) is 3.06. The van der Waals surface area contributed by atoms with Crippen LogP contribution in [0.5, 0.6) is 5.75 Å². The van der Waals surface area contributed by atoms with E-state index in [0.29, 0.717) is 11.3 Å². The van der Waals surface area contributed by atoms with E-state index in [1.165, 1.54) is 6.07 Å². The number of imidazole rings is 1. The number of hydrogen-bond donors (Lipinski definition) is 1.